The van der Waals surface area contributed by atoms with Crippen LogP contribution in [-0.4, -0.2) is 51.7 Å². The average Bonchev–Trinajstić information content (AvgIpc) is 3.42. The van der Waals surface area contributed by atoms with Crippen LogP contribution in [0.15, 0.2) is 53.9 Å². The van der Waals surface area contributed by atoms with Gasteiger partial charge in [0.05, 0.1) is 43.0 Å². The maximum Gasteiger partial charge on any atom is 0.340 e. The second-order valence-electron chi connectivity index (χ2n) is 6.88. The van der Waals surface area contributed by atoms with Gasteiger partial charge in [0.15, 0.2) is 18.1 Å². The second kappa shape index (κ2) is 11.7. The van der Waals surface area contributed by atoms with Crippen LogP contribution in [0.25, 0.3) is 0 Å². The van der Waals surface area contributed by atoms with Crippen molar-refractivity contribution in [2.75, 3.05) is 38.6 Å². The molecule has 11 heteroatoms. The highest BCUT2D eigenvalue weighted by Gasteiger charge is 2.21. The van der Waals surface area contributed by atoms with Gasteiger partial charge in [0, 0.05) is 17.8 Å². The highest BCUT2D eigenvalue weighted by Crippen LogP contribution is 2.34. The van der Waals surface area contributed by atoms with Crippen LogP contribution >= 0.6 is 11.3 Å². The molecule has 0 bridgehead atoms. The van der Waals surface area contributed by atoms with Gasteiger partial charge in [-0.1, -0.05) is 6.07 Å². The van der Waals surface area contributed by atoms with Gasteiger partial charge in [-0.05, 0) is 35.7 Å². The molecule has 1 aromatic heterocycles. The third-order valence-corrected chi connectivity index (χ3v) is 5.53. The molecular weight excluding hydrogens is 476 g/mol. The quantitative estimate of drug-likeness (QED) is 0.428. The van der Waals surface area contributed by atoms with E-state index in [9.17, 15) is 19.2 Å². The molecule has 0 atom stereocenters. The van der Waals surface area contributed by atoms with E-state index in [0.29, 0.717) is 21.9 Å². The zero-order valence-electron chi connectivity index (χ0n) is 19.1. The number of amides is 2. The summed E-state index contributed by atoms with van der Waals surface area (Å²) in [4.78, 5) is 49.6. The zero-order chi connectivity index (χ0) is 25.4. The Kier molecular flexibility index (Phi) is 8.41. The lowest BCUT2D eigenvalue weighted by molar-refractivity contribution is -0.119. The number of carbonyl (C=O) groups excluding carboxylic acids is 4. The van der Waals surface area contributed by atoms with Crippen molar-refractivity contribution in [3.63, 3.8) is 0 Å². The van der Waals surface area contributed by atoms with Gasteiger partial charge >= 0.3 is 11.9 Å². The number of carbonyl (C=O) groups is 4. The first kappa shape index (κ1) is 25.2. The lowest BCUT2D eigenvalue weighted by Crippen LogP contribution is -2.22. The number of benzene rings is 2. The number of methoxy groups -OCH3 is 3. The maximum absolute atomic E-state index is 12.8. The van der Waals surface area contributed by atoms with Crippen molar-refractivity contribution in [1.82, 2.24) is 0 Å². The van der Waals surface area contributed by atoms with Crippen LogP contribution in [0.1, 0.15) is 30.4 Å². The summed E-state index contributed by atoms with van der Waals surface area (Å²) < 4.78 is 20.3. The van der Waals surface area contributed by atoms with E-state index >= 15 is 0 Å². The smallest absolute Gasteiger partial charge is 0.340 e. The number of ether oxygens (including phenoxy) is 4. The first-order valence-corrected chi connectivity index (χ1v) is 11.0. The lowest BCUT2D eigenvalue weighted by atomic mass is 10.1. The molecule has 0 aliphatic heterocycles. The van der Waals surface area contributed by atoms with Gasteiger partial charge in [-0.15, -0.1) is 11.3 Å². The van der Waals surface area contributed by atoms with E-state index in [1.54, 1.807) is 17.5 Å². The molecule has 1 heterocycles. The van der Waals surface area contributed by atoms with E-state index in [2.05, 4.69) is 15.4 Å². The molecule has 0 radical (unpaired) electrons. The molecule has 35 heavy (non-hydrogen) atoms. The number of rotatable bonds is 9. The van der Waals surface area contributed by atoms with Gasteiger partial charge in [0.25, 0.3) is 11.8 Å². The first-order valence-electron chi connectivity index (χ1n) is 10.1. The predicted octanol–water partition coefficient (Wildman–Crippen LogP) is 3.60. The molecule has 2 N–H and O–H groups in total. The largest absolute Gasteiger partial charge is 0.493 e. The van der Waals surface area contributed by atoms with Crippen molar-refractivity contribution >= 4 is 46.5 Å². The summed E-state index contributed by atoms with van der Waals surface area (Å²) >= 11 is 1.24. The third-order valence-electron chi connectivity index (χ3n) is 4.66. The van der Waals surface area contributed by atoms with Crippen molar-refractivity contribution in [2.45, 2.75) is 0 Å². The fourth-order valence-corrected chi connectivity index (χ4v) is 3.58. The Morgan fingerprint density at radius 1 is 0.857 bits per heavy atom. The molecule has 182 valence electrons. The fraction of sp³-hybridized carbons (Fsp3) is 0.167. The van der Waals surface area contributed by atoms with Crippen LogP contribution in [0.4, 0.5) is 11.4 Å². The molecular formula is C24H22N2O8S. The van der Waals surface area contributed by atoms with Gasteiger partial charge in [-0.25, -0.2) is 9.59 Å². The Bertz CT molecular complexity index is 1220. The minimum atomic E-state index is -0.858. The Hall–Kier alpha value is -4.38. The Morgan fingerprint density at radius 2 is 1.54 bits per heavy atom. The molecule has 0 aliphatic rings. The van der Waals surface area contributed by atoms with Crippen LogP contribution in [0.3, 0.4) is 0 Å². The van der Waals surface area contributed by atoms with Gasteiger partial charge in [0.1, 0.15) is 0 Å². The summed E-state index contributed by atoms with van der Waals surface area (Å²) in [7, 11) is 4.09. The molecule has 10 nitrogen and oxygen atoms in total. The number of nitrogens with one attached hydrogen (secondary N) is 2. The molecule has 3 aromatic rings. The van der Waals surface area contributed by atoms with E-state index in [0.717, 1.165) is 0 Å². The summed E-state index contributed by atoms with van der Waals surface area (Å²) in [6, 6.07) is 12.2. The minimum absolute atomic E-state index is 0.0252. The van der Waals surface area contributed by atoms with Gasteiger partial charge < -0.3 is 29.6 Å². The molecule has 2 aromatic carbocycles. The van der Waals surface area contributed by atoms with Crippen LogP contribution in [0.5, 0.6) is 11.5 Å². The van der Waals surface area contributed by atoms with Crippen molar-refractivity contribution in [3.05, 3.63) is 69.9 Å². The predicted molar refractivity (Wildman–Crippen MR) is 129 cm³/mol. The summed E-state index contributed by atoms with van der Waals surface area (Å²) in [6.45, 7) is -0.593. The molecule has 0 saturated heterocycles. The van der Waals surface area contributed by atoms with Gasteiger partial charge in [0.2, 0.25) is 0 Å². The molecule has 0 unspecified atom stereocenters. The molecule has 3 rings (SSSR count). The van der Waals surface area contributed by atoms with Crippen LogP contribution in [-0.2, 0) is 14.3 Å². The van der Waals surface area contributed by atoms with E-state index in [-0.39, 0.29) is 17.0 Å². The maximum atomic E-state index is 12.8. The van der Waals surface area contributed by atoms with E-state index in [1.165, 1.54) is 69.1 Å². The number of thiophene rings is 1. The fourth-order valence-electron chi connectivity index (χ4n) is 2.96. The SMILES string of the molecule is COC(=O)c1ccc(NC(=O)COC(=O)c2cc(OC)c(OC)cc2NC(=O)c2cccs2)cc1. The minimum Gasteiger partial charge on any atom is -0.493 e. The third kappa shape index (κ3) is 6.36. The summed E-state index contributed by atoms with van der Waals surface area (Å²) in [5.41, 5.74) is 0.823. The Balaban J connectivity index is 1.71. The summed E-state index contributed by atoms with van der Waals surface area (Å²) in [5, 5.41) is 6.97. The zero-order valence-corrected chi connectivity index (χ0v) is 19.9. The van der Waals surface area contributed by atoms with E-state index < -0.39 is 30.4 Å². The van der Waals surface area contributed by atoms with Crippen molar-refractivity contribution in [3.8, 4) is 11.5 Å². The Labute approximate surface area is 204 Å². The highest BCUT2D eigenvalue weighted by molar-refractivity contribution is 7.12. The summed E-state index contributed by atoms with van der Waals surface area (Å²) in [5.74, 6) is -1.86. The Morgan fingerprint density at radius 3 is 2.14 bits per heavy atom. The van der Waals surface area contributed by atoms with Crippen LogP contribution < -0.4 is 20.1 Å². The van der Waals surface area contributed by atoms with E-state index in [4.69, 9.17) is 14.2 Å². The normalized spacial score (nSPS) is 10.1. The standard InChI is InChI=1S/C24H22N2O8S/c1-31-18-11-16(17(12-19(18)32-2)26-22(28)20-5-4-10-35-20)24(30)34-13-21(27)25-15-8-6-14(7-9-15)23(29)33-3/h4-12H,13H2,1-3H3,(H,25,27)(H,26,28). The van der Waals surface area contributed by atoms with Gasteiger partial charge in [-0.2, -0.15) is 0 Å². The molecule has 0 aliphatic carbocycles. The number of esters is 2. The van der Waals surface area contributed by atoms with E-state index in [1.807, 2.05) is 0 Å². The second-order valence-corrected chi connectivity index (χ2v) is 7.83. The molecule has 0 spiro atoms. The number of hydrogen-bond acceptors (Lipinski definition) is 9. The average molecular weight is 499 g/mol. The monoisotopic (exact) mass is 498 g/mol. The molecule has 0 saturated carbocycles. The number of hydrogen-bond donors (Lipinski definition) is 2. The van der Waals surface area contributed by atoms with Gasteiger partial charge in [-0.3, -0.25) is 9.59 Å². The highest BCUT2D eigenvalue weighted by atomic mass is 32.1. The number of anilines is 2. The van der Waals surface area contributed by atoms with Crippen LogP contribution in [0.2, 0.25) is 0 Å². The molecule has 0 fully saturated rings. The lowest BCUT2D eigenvalue weighted by Gasteiger charge is -2.15. The first-order chi connectivity index (χ1) is 16.9. The molecule has 2 amide bonds. The summed E-state index contributed by atoms with van der Waals surface area (Å²) in [6.07, 6.45) is 0. The van der Waals surface area contributed by atoms with Crippen LogP contribution in [0, 0.1) is 0 Å². The van der Waals surface area contributed by atoms with Crippen molar-refractivity contribution < 1.29 is 38.1 Å². The van der Waals surface area contributed by atoms with Crippen molar-refractivity contribution in [2.24, 2.45) is 0 Å². The van der Waals surface area contributed by atoms with Crippen molar-refractivity contribution in [1.29, 1.82) is 0 Å². The topological polar surface area (TPSA) is 129 Å².